The fourth-order valence-corrected chi connectivity index (χ4v) is 1.81. The van der Waals surface area contributed by atoms with Crippen molar-refractivity contribution in [3.8, 4) is 0 Å². The van der Waals surface area contributed by atoms with E-state index >= 15 is 0 Å². The van der Waals surface area contributed by atoms with Gasteiger partial charge in [-0.1, -0.05) is 13.0 Å². The minimum atomic E-state index is -1.02. The van der Waals surface area contributed by atoms with Gasteiger partial charge in [0.25, 0.3) is 5.91 Å². The van der Waals surface area contributed by atoms with Crippen LogP contribution < -0.4 is 5.32 Å². The van der Waals surface area contributed by atoms with Crippen LogP contribution in [0.3, 0.4) is 0 Å². The number of amides is 1. The second-order valence-corrected chi connectivity index (χ2v) is 4.41. The van der Waals surface area contributed by atoms with Crippen molar-refractivity contribution >= 4 is 17.6 Å². The largest absolute Gasteiger partial charge is 0.478 e. The molecule has 0 bridgehead atoms. The lowest BCUT2D eigenvalue weighted by atomic mass is 10.1. The van der Waals surface area contributed by atoms with E-state index in [1.807, 2.05) is 6.92 Å². The third kappa shape index (κ3) is 2.88. The molecule has 1 heterocycles. The van der Waals surface area contributed by atoms with E-state index in [0.29, 0.717) is 17.7 Å². The summed E-state index contributed by atoms with van der Waals surface area (Å²) in [6.07, 6.45) is 0.709. The van der Waals surface area contributed by atoms with Crippen LogP contribution in [0, 0.1) is 6.92 Å². The standard InChI is InChI=1S/C15H15NO4/c1-3-11-6-7-13(20-11)14(17)16-10-5-4-9(2)12(8-10)15(18)19/h4-8H,3H2,1-2H3,(H,16,17)(H,18,19). The zero-order valence-electron chi connectivity index (χ0n) is 11.3. The highest BCUT2D eigenvalue weighted by molar-refractivity contribution is 6.03. The van der Waals surface area contributed by atoms with Crippen LogP contribution in [0.5, 0.6) is 0 Å². The van der Waals surface area contributed by atoms with Crippen molar-refractivity contribution in [2.24, 2.45) is 0 Å². The highest BCUT2D eigenvalue weighted by Crippen LogP contribution is 2.17. The van der Waals surface area contributed by atoms with Gasteiger partial charge in [-0.25, -0.2) is 4.79 Å². The van der Waals surface area contributed by atoms with Crippen molar-refractivity contribution in [1.29, 1.82) is 0 Å². The SMILES string of the molecule is CCc1ccc(C(=O)Nc2ccc(C)c(C(=O)O)c2)o1. The number of benzene rings is 1. The molecule has 2 aromatic rings. The summed E-state index contributed by atoms with van der Waals surface area (Å²) in [5.74, 6) is -0.487. The Morgan fingerprint density at radius 2 is 2.00 bits per heavy atom. The van der Waals surface area contributed by atoms with Crippen LogP contribution in [-0.2, 0) is 6.42 Å². The Kier molecular flexibility index (Phi) is 3.89. The van der Waals surface area contributed by atoms with Gasteiger partial charge in [-0.2, -0.15) is 0 Å². The second-order valence-electron chi connectivity index (χ2n) is 4.41. The first-order valence-corrected chi connectivity index (χ1v) is 6.25. The summed E-state index contributed by atoms with van der Waals surface area (Å²) in [6, 6.07) is 8.08. The fraction of sp³-hybridized carbons (Fsp3) is 0.200. The zero-order chi connectivity index (χ0) is 14.7. The number of carbonyl (C=O) groups is 2. The minimum absolute atomic E-state index is 0.163. The average molecular weight is 273 g/mol. The van der Waals surface area contributed by atoms with Gasteiger partial charge in [-0.05, 0) is 36.8 Å². The average Bonchev–Trinajstić information content (AvgIpc) is 2.89. The van der Waals surface area contributed by atoms with Crippen LogP contribution in [0.1, 0.15) is 39.2 Å². The molecule has 0 saturated carbocycles. The predicted molar refractivity (Wildman–Crippen MR) is 74.2 cm³/mol. The summed E-state index contributed by atoms with van der Waals surface area (Å²) in [5.41, 5.74) is 1.23. The maximum absolute atomic E-state index is 12.0. The number of carbonyl (C=O) groups excluding carboxylic acids is 1. The number of rotatable bonds is 4. The molecule has 5 heteroatoms. The molecule has 2 rings (SSSR count). The smallest absolute Gasteiger partial charge is 0.336 e. The van der Waals surface area contributed by atoms with E-state index < -0.39 is 11.9 Å². The van der Waals surface area contributed by atoms with Gasteiger partial charge in [0.05, 0.1) is 5.56 Å². The summed E-state index contributed by atoms with van der Waals surface area (Å²) in [4.78, 5) is 23.0. The van der Waals surface area contributed by atoms with E-state index in [1.165, 1.54) is 6.07 Å². The van der Waals surface area contributed by atoms with Crippen LogP contribution in [0.15, 0.2) is 34.7 Å². The van der Waals surface area contributed by atoms with Gasteiger partial charge in [0.2, 0.25) is 0 Å². The molecular formula is C15H15NO4. The van der Waals surface area contributed by atoms with Crippen LogP contribution in [0.4, 0.5) is 5.69 Å². The fourth-order valence-electron chi connectivity index (χ4n) is 1.81. The van der Waals surface area contributed by atoms with Crippen LogP contribution in [-0.4, -0.2) is 17.0 Å². The molecule has 1 aromatic heterocycles. The van der Waals surface area contributed by atoms with E-state index in [9.17, 15) is 9.59 Å². The summed E-state index contributed by atoms with van der Waals surface area (Å²) in [5, 5.41) is 11.7. The molecule has 0 aliphatic carbocycles. The van der Waals surface area contributed by atoms with Gasteiger partial charge in [-0.15, -0.1) is 0 Å². The Bertz CT molecular complexity index is 658. The summed E-state index contributed by atoms with van der Waals surface area (Å²) in [7, 11) is 0. The van der Waals surface area contributed by atoms with Gasteiger partial charge in [-0.3, -0.25) is 4.79 Å². The molecule has 5 nitrogen and oxygen atoms in total. The zero-order valence-corrected chi connectivity index (χ0v) is 11.3. The topological polar surface area (TPSA) is 79.5 Å². The van der Waals surface area contributed by atoms with E-state index in [1.54, 1.807) is 31.2 Å². The molecule has 0 saturated heterocycles. The van der Waals surface area contributed by atoms with Gasteiger partial charge >= 0.3 is 5.97 Å². The number of hydrogen-bond donors (Lipinski definition) is 2. The van der Waals surface area contributed by atoms with Crippen molar-refractivity contribution in [3.63, 3.8) is 0 Å². The molecule has 2 N–H and O–H groups in total. The lowest BCUT2D eigenvalue weighted by Gasteiger charge is -2.06. The first-order valence-electron chi connectivity index (χ1n) is 6.25. The number of furan rings is 1. The maximum atomic E-state index is 12.0. The second kappa shape index (κ2) is 5.61. The highest BCUT2D eigenvalue weighted by atomic mass is 16.4. The molecule has 0 aliphatic heterocycles. The summed E-state index contributed by atoms with van der Waals surface area (Å²) < 4.78 is 5.34. The quantitative estimate of drug-likeness (QED) is 0.897. The van der Waals surface area contributed by atoms with Gasteiger partial charge < -0.3 is 14.8 Å². The summed E-state index contributed by atoms with van der Waals surface area (Å²) in [6.45, 7) is 3.63. The Balaban J connectivity index is 2.19. The molecule has 0 spiro atoms. The van der Waals surface area contributed by atoms with Gasteiger partial charge in [0, 0.05) is 12.1 Å². The first-order chi connectivity index (χ1) is 9.51. The molecule has 0 fully saturated rings. The van der Waals surface area contributed by atoms with E-state index in [2.05, 4.69) is 5.32 Å². The van der Waals surface area contributed by atoms with Crippen molar-refractivity contribution in [2.75, 3.05) is 5.32 Å². The van der Waals surface area contributed by atoms with Crippen LogP contribution in [0.25, 0.3) is 0 Å². The number of carboxylic acid groups (broad SMARTS) is 1. The van der Waals surface area contributed by atoms with Crippen LogP contribution >= 0.6 is 0 Å². The highest BCUT2D eigenvalue weighted by Gasteiger charge is 2.13. The number of aryl methyl sites for hydroxylation is 2. The normalized spacial score (nSPS) is 10.3. The lowest BCUT2D eigenvalue weighted by molar-refractivity contribution is 0.0695. The van der Waals surface area contributed by atoms with Crippen LogP contribution in [0.2, 0.25) is 0 Å². The van der Waals surface area contributed by atoms with E-state index in [0.717, 1.165) is 5.76 Å². The first kappa shape index (κ1) is 13.9. The predicted octanol–water partition coefficient (Wildman–Crippen LogP) is 3.10. The van der Waals surface area contributed by atoms with Crippen molar-refractivity contribution in [2.45, 2.75) is 20.3 Å². The molecule has 1 amide bonds. The molecule has 0 radical (unpaired) electrons. The molecule has 0 aliphatic rings. The number of nitrogens with one attached hydrogen (secondary N) is 1. The van der Waals surface area contributed by atoms with Crippen molar-refractivity contribution < 1.29 is 19.1 Å². The van der Waals surface area contributed by atoms with E-state index in [4.69, 9.17) is 9.52 Å². The molecular weight excluding hydrogens is 258 g/mol. The number of carboxylic acids is 1. The number of hydrogen-bond acceptors (Lipinski definition) is 3. The maximum Gasteiger partial charge on any atom is 0.336 e. The Morgan fingerprint density at radius 1 is 1.25 bits per heavy atom. The number of anilines is 1. The molecule has 20 heavy (non-hydrogen) atoms. The molecule has 0 atom stereocenters. The van der Waals surface area contributed by atoms with Crippen molar-refractivity contribution in [1.82, 2.24) is 0 Å². The van der Waals surface area contributed by atoms with Gasteiger partial charge in [0.1, 0.15) is 5.76 Å². The van der Waals surface area contributed by atoms with E-state index in [-0.39, 0.29) is 11.3 Å². The third-order valence-corrected chi connectivity index (χ3v) is 2.96. The minimum Gasteiger partial charge on any atom is -0.478 e. The molecule has 0 unspecified atom stereocenters. The Morgan fingerprint density at radius 3 is 2.60 bits per heavy atom. The number of aromatic carboxylic acids is 1. The Hall–Kier alpha value is -2.56. The Labute approximate surface area is 116 Å². The lowest BCUT2D eigenvalue weighted by Crippen LogP contribution is -2.12. The van der Waals surface area contributed by atoms with Crippen molar-refractivity contribution in [3.05, 3.63) is 53.0 Å². The molecule has 1 aromatic carbocycles. The monoisotopic (exact) mass is 273 g/mol. The summed E-state index contributed by atoms with van der Waals surface area (Å²) >= 11 is 0. The molecule has 104 valence electrons. The van der Waals surface area contributed by atoms with Gasteiger partial charge in [0.15, 0.2) is 5.76 Å². The third-order valence-electron chi connectivity index (χ3n) is 2.96.